The quantitative estimate of drug-likeness (QED) is 0.743. The number of hydrogen-bond acceptors (Lipinski definition) is 1. The summed E-state index contributed by atoms with van der Waals surface area (Å²) in [6.45, 7) is 0. The maximum atomic E-state index is 13.1. The highest BCUT2D eigenvalue weighted by atomic mass is 35.5. The highest BCUT2D eigenvalue weighted by Gasteiger charge is 2.06. The minimum atomic E-state index is -0.268. The van der Waals surface area contributed by atoms with E-state index in [-0.39, 0.29) is 5.82 Å². The molecule has 18 heavy (non-hydrogen) atoms. The van der Waals surface area contributed by atoms with Gasteiger partial charge in [-0.2, -0.15) is 0 Å². The Balaban J connectivity index is 1.98. The van der Waals surface area contributed by atoms with Crippen LogP contribution in [0.15, 0.2) is 42.5 Å². The number of H-pyrrole nitrogens is 1. The molecule has 4 heteroatoms. The van der Waals surface area contributed by atoms with Gasteiger partial charge in [-0.25, -0.2) is 9.37 Å². The molecule has 0 saturated carbocycles. The van der Waals surface area contributed by atoms with Gasteiger partial charge < -0.3 is 4.98 Å². The molecule has 3 rings (SSSR count). The first kappa shape index (κ1) is 11.2. The molecule has 2 aromatic carbocycles. The maximum Gasteiger partial charge on any atom is 0.125 e. The average Bonchev–Trinajstić information content (AvgIpc) is 2.73. The second-order valence-electron chi connectivity index (χ2n) is 4.11. The van der Waals surface area contributed by atoms with Gasteiger partial charge in [0.1, 0.15) is 11.6 Å². The first-order valence-corrected chi connectivity index (χ1v) is 5.98. The van der Waals surface area contributed by atoms with E-state index in [1.807, 2.05) is 24.3 Å². The highest BCUT2D eigenvalue weighted by molar-refractivity contribution is 6.31. The van der Waals surface area contributed by atoms with Crippen molar-refractivity contribution < 1.29 is 4.39 Å². The number of nitrogens with one attached hydrogen (secondary N) is 1. The number of halogens is 2. The molecular weight excluding hydrogens is 251 g/mol. The monoisotopic (exact) mass is 260 g/mol. The van der Waals surface area contributed by atoms with Gasteiger partial charge in [-0.05, 0) is 29.8 Å². The summed E-state index contributed by atoms with van der Waals surface area (Å²) in [6, 6.07) is 12.1. The molecule has 1 heterocycles. The molecule has 1 N–H and O–H groups in total. The van der Waals surface area contributed by atoms with E-state index in [1.54, 1.807) is 6.07 Å². The molecular formula is C14H10ClFN2. The summed E-state index contributed by atoms with van der Waals surface area (Å²) >= 11 is 6.10. The van der Waals surface area contributed by atoms with Gasteiger partial charge in [-0.3, -0.25) is 0 Å². The topological polar surface area (TPSA) is 28.7 Å². The van der Waals surface area contributed by atoms with Crippen molar-refractivity contribution in [1.82, 2.24) is 9.97 Å². The van der Waals surface area contributed by atoms with E-state index in [9.17, 15) is 4.39 Å². The Hall–Kier alpha value is -1.87. The van der Waals surface area contributed by atoms with Crippen LogP contribution in [0.3, 0.4) is 0 Å². The Kier molecular flexibility index (Phi) is 2.76. The fraction of sp³-hybridized carbons (Fsp3) is 0.0714. The van der Waals surface area contributed by atoms with Crippen LogP contribution in [-0.2, 0) is 6.42 Å². The van der Waals surface area contributed by atoms with Crippen LogP contribution in [0.2, 0.25) is 5.02 Å². The predicted octanol–water partition coefficient (Wildman–Crippen LogP) is 3.95. The summed E-state index contributed by atoms with van der Waals surface area (Å²) in [5.41, 5.74) is 2.47. The molecule has 0 radical (unpaired) electrons. The highest BCUT2D eigenvalue weighted by Crippen LogP contribution is 2.19. The van der Waals surface area contributed by atoms with E-state index >= 15 is 0 Å². The Bertz CT molecular complexity index is 706. The van der Waals surface area contributed by atoms with E-state index in [0.717, 1.165) is 16.9 Å². The van der Waals surface area contributed by atoms with Crippen molar-refractivity contribution in [3.63, 3.8) is 0 Å². The molecule has 1 aromatic heterocycles. The fourth-order valence-electron chi connectivity index (χ4n) is 1.94. The number of fused-ring (bicyclic) bond motifs is 1. The SMILES string of the molecule is Fc1ccc2nc(Cc3ccccc3Cl)[nH]c2c1. The zero-order chi connectivity index (χ0) is 12.5. The molecule has 0 bridgehead atoms. The predicted molar refractivity (Wildman–Crippen MR) is 70.3 cm³/mol. The van der Waals surface area contributed by atoms with Gasteiger partial charge in [-0.15, -0.1) is 0 Å². The van der Waals surface area contributed by atoms with Crippen LogP contribution < -0.4 is 0 Å². The van der Waals surface area contributed by atoms with Crippen LogP contribution >= 0.6 is 11.6 Å². The third-order valence-corrected chi connectivity index (χ3v) is 3.18. The molecule has 0 unspecified atom stereocenters. The maximum absolute atomic E-state index is 13.1. The summed E-state index contributed by atoms with van der Waals surface area (Å²) in [4.78, 5) is 7.51. The third kappa shape index (κ3) is 2.09. The summed E-state index contributed by atoms with van der Waals surface area (Å²) in [7, 11) is 0. The van der Waals surface area contributed by atoms with E-state index < -0.39 is 0 Å². The van der Waals surface area contributed by atoms with E-state index in [1.165, 1.54) is 12.1 Å². The van der Waals surface area contributed by atoms with Crippen LogP contribution in [0.4, 0.5) is 4.39 Å². The molecule has 0 amide bonds. The second kappa shape index (κ2) is 4.42. The molecule has 0 saturated heterocycles. The molecule has 0 spiro atoms. The van der Waals surface area contributed by atoms with Crippen molar-refractivity contribution in [1.29, 1.82) is 0 Å². The van der Waals surface area contributed by atoms with Crippen molar-refractivity contribution in [2.45, 2.75) is 6.42 Å². The van der Waals surface area contributed by atoms with Gasteiger partial charge in [0, 0.05) is 11.4 Å². The van der Waals surface area contributed by atoms with E-state index in [4.69, 9.17) is 11.6 Å². The molecule has 3 aromatic rings. The van der Waals surface area contributed by atoms with Gasteiger partial charge in [-0.1, -0.05) is 29.8 Å². The molecule has 90 valence electrons. The van der Waals surface area contributed by atoms with Crippen molar-refractivity contribution >= 4 is 22.6 Å². The van der Waals surface area contributed by atoms with Gasteiger partial charge in [0.05, 0.1) is 11.0 Å². The van der Waals surface area contributed by atoms with Crippen LogP contribution in [0.5, 0.6) is 0 Å². The summed E-state index contributed by atoms with van der Waals surface area (Å²) in [5, 5.41) is 0.712. The Morgan fingerprint density at radius 3 is 2.83 bits per heavy atom. The lowest BCUT2D eigenvalue weighted by atomic mass is 10.1. The summed E-state index contributed by atoms with van der Waals surface area (Å²) < 4.78 is 13.1. The Morgan fingerprint density at radius 2 is 2.00 bits per heavy atom. The number of hydrogen-bond donors (Lipinski definition) is 1. The first-order valence-electron chi connectivity index (χ1n) is 5.60. The smallest absolute Gasteiger partial charge is 0.125 e. The minimum absolute atomic E-state index is 0.268. The summed E-state index contributed by atoms with van der Waals surface area (Å²) in [6.07, 6.45) is 0.607. The first-order chi connectivity index (χ1) is 8.72. The lowest BCUT2D eigenvalue weighted by molar-refractivity contribution is 0.629. The molecule has 0 atom stereocenters. The fourth-order valence-corrected chi connectivity index (χ4v) is 2.14. The normalized spacial score (nSPS) is 11.0. The van der Waals surface area contributed by atoms with Gasteiger partial charge >= 0.3 is 0 Å². The van der Waals surface area contributed by atoms with Gasteiger partial charge in [0.25, 0.3) is 0 Å². The number of nitrogens with zero attached hydrogens (tertiary/aromatic N) is 1. The van der Waals surface area contributed by atoms with E-state index in [0.29, 0.717) is 17.0 Å². The number of rotatable bonds is 2. The van der Waals surface area contributed by atoms with Gasteiger partial charge in [0.15, 0.2) is 0 Å². The Labute approximate surface area is 108 Å². The standard InChI is InChI=1S/C14H10ClFN2/c15-11-4-2-1-3-9(11)7-14-17-12-6-5-10(16)8-13(12)18-14/h1-6,8H,7H2,(H,17,18). The second-order valence-corrected chi connectivity index (χ2v) is 4.52. The average molecular weight is 261 g/mol. The zero-order valence-electron chi connectivity index (χ0n) is 9.45. The van der Waals surface area contributed by atoms with Gasteiger partial charge in [0.2, 0.25) is 0 Å². The lowest BCUT2D eigenvalue weighted by Gasteiger charge is -2.00. The molecule has 0 aliphatic rings. The molecule has 0 fully saturated rings. The number of benzene rings is 2. The molecule has 0 aliphatic carbocycles. The van der Waals surface area contributed by atoms with Crippen LogP contribution in [0.25, 0.3) is 11.0 Å². The number of imidazole rings is 1. The minimum Gasteiger partial charge on any atom is -0.342 e. The van der Waals surface area contributed by atoms with Crippen molar-refractivity contribution in [2.75, 3.05) is 0 Å². The molecule has 0 aliphatic heterocycles. The van der Waals surface area contributed by atoms with E-state index in [2.05, 4.69) is 9.97 Å². The van der Waals surface area contributed by atoms with Crippen LogP contribution in [0.1, 0.15) is 11.4 Å². The number of aromatic amines is 1. The lowest BCUT2D eigenvalue weighted by Crippen LogP contribution is -1.91. The van der Waals surface area contributed by atoms with Crippen molar-refractivity contribution in [3.8, 4) is 0 Å². The zero-order valence-corrected chi connectivity index (χ0v) is 10.2. The molecule has 2 nitrogen and oxygen atoms in total. The van der Waals surface area contributed by atoms with Crippen LogP contribution in [-0.4, -0.2) is 9.97 Å². The summed E-state index contributed by atoms with van der Waals surface area (Å²) in [5.74, 6) is 0.513. The van der Waals surface area contributed by atoms with Crippen molar-refractivity contribution in [2.24, 2.45) is 0 Å². The Morgan fingerprint density at radius 1 is 1.17 bits per heavy atom. The third-order valence-electron chi connectivity index (χ3n) is 2.81. The van der Waals surface area contributed by atoms with Crippen LogP contribution in [0, 0.1) is 5.82 Å². The van der Waals surface area contributed by atoms with Crippen molar-refractivity contribution in [3.05, 3.63) is 64.7 Å². The largest absolute Gasteiger partial charge is 0.342 e. The number of aromatic nitrogens is 2.